The Hall–Kier alpha value is -2.44. The zero-order valence-corrected chi connectivity index (χ0v) is 20.7. The van der Waals surface area contributed by atoms with Crippen molar-refractivity contribution in [2.45, 2.75) is 65.1 Å². The van der Waals surface area contributed by atoms with Crippen molar-refractivity contribution >= 4 is 35.0 Å². The Kier molecular flexibility index (Phi) is 8.87. The van der Waals surface area contributed by atoms with Crippen LogP contribution in [0.2, 0.25) is 10.0 Å². The topological polar surface area (TPSA) is 67.9 Å². The molecule has 8 heteroatoms. The zero-order chi connectivity index (χ0) is 24.0. The summed E-state index contributed by atoms with van der Waals surface area (Å²) in [5.74, 6) is 1.11. The normalized spacial score (nSPS) is 14.0. The number of hydrogen-bond donors (Lipinski definition) is 1. The van der Waals surface area contributed by atoms with Crippen molar-refractivity contribution < 1.29 is 19.1 Å². The van der Waals surface area contributed by atoms with E-state index in [1.165, 1.54) is 0 Å². The number of rotatable bonds is 10. The van der Waals surface area contributed by atoms with Gasteiger partial charge >= 0.3 is 0 Å². The van der Waals surface area contributed by atoms with Gasteiger partial charge in [0.15, 0.2) is 11.5 Å². The fourth-order valence-electron chi connectivity index (χ4n) is 3.69. The van der Waals surface area contributed by atoms with E-state index in [0.717, 1.165) is 17.5 Å². The predicted octanol–water partition coefficient (Wildman–Crippen LogP) is 5.38. The fourth-order valence-corrected chi connectivity index (χ4v) is 4.15. The first kappa shape index (κ1) is 25.2. The lowest BCUT2D eigenvalue weighted by Crippen LogP contribution is -2.50. The van der Waals surface area contributed by atoms with Crippen molar-refractivity contribution in [1.29, 1.82) is 0 Å². The molecule has 0 radical (unpaired) electrons. The smallest absolute Gasteiger partial charge is 0.243 e. The van der Waals surface area contributed by atoms with Gasteiger partial charge in [-0.2, -0.15) is 0 Å². The van der Waals surface area contributed by atoms with Crippen LogP contribution in [0, 0.1) is 0 Å². The van der Waals surface area contributed by atoms with Gasteiger partial charge in [0.25, 0.3) is 0 Å². The molecular formula is C25H30Cl2N2O4. The Balaban J connectivity index is 1.79. The van der Waals surface area contributed by atoms with Crippen molar-refractivity contribution in [3.05, 3.63) is 57.6 Å². The van der Waals surface area contributed by atoms with Gasteiger partial charge in [0.05, 0.1) is 0 Å². The van der Waals surface area contributed by atoms with E-state index in [-0.39, 0.29) is 37.6 Å². The summed E-state index contributed by atoms with van der Waals surface area (Å²) in [7, 11) is 0. The molecule has 178 valence electrons. The van der Waals surface area contributed by atoms with Crippen LogP contribution < -0.4 is 14.8 Å². The van der Waals surface area contributed by atoms with Gasteiger partial charge in [0.1, 0.15) is 6.04 Å². The van der Waals surface area contributed by atoms with Gasteiger partial charge in [-0.25, -0.2) is 0 Å². The maximum Gasteiger partial charge on any atom is 0.243 e. The van der Waals surface area contributed by atoms with E-state index >= 15 is 0 Å². The Labute approximate surface area is 205 Å². The Morgan fingerprint density at radius 1 is 1.06 bits per heavy atom. The van der Waals surface area contributed by atoms with Crippen LogP contribution in [0.15, 0.2) is 36.4 Å². The summed E-state index contributed by atoms with van der Waals surface area (Å²) in [4.78, 5) is 28.1. The molecule has 1 N–H and O–H groups in total. The van der Waals surface area contributed by atoms with Crippen molar-refractivity contribution in [2.75, 3.05) is 6.79 Å². The summed E-state index contributed by atoms with van der Waals surface area (Å²) in [5.41, 5.74) is 1.71. The third-order valence-electron chi connectivity index (χ3n) is 5.81. The van der Waals surface area contributed by atoms with E-state index in [0.29, 0.717) is 34.4 Å². The quantitative estimate of drug-likeness (QED) is 0.483. The van der Waals surface area contributed by atoms with Crippen LogP contribution >= 0.6 is 23.2 Å². The average molecular weight is 493 g/mol. The summed E-state index contributed by atoms with van der Waals surface area (Å²) in [6.07, 6.45) is 2.06. The molecule has 2 aromatic rings. The first-order chi connectivity index (χ1) is 15.8. The first-order valence-corrected chi connectivity index (χ1v) is 12.0. The Morgan fingerprint density at radius 3 is 2.52 bits per heavy atom. The van der Waals surface area contributed by atoms with Gasteiger partial charge < -0.3 is 19.7 Å². The number of halogens is 2. The Morgan fingerprint density at radius 2 is 1.82 bits per heavy atom. The molecule has 2 amide bonds. The Bertz CT molecular complexity index is 998. The molecule has 1 aliphatic heterocycles. The second kappa shape index (κ2) is 11.6. The monoisotopic (exact) mass is 492 g/mol. The summed E-state index contributed by atoms with van der Waals surface area (Å²) >= 11 is 12.4. The summed E-state index contributed by atoms with van der Waals surface area (Å²) in [5, 5.41) is 4.00. The van der Waals surface area contributed by atoms with E-state index in [9.17, 15) is 9.59 Å². The number of ether oxygens (including phenoxy) is 2. The molecule has 6 nitrogen and oxygen atoms in total. The third-order valence-corrected chi connectivity index (χ3v) is 6.39. The van der Waals surface area contributed by atoms with Gasteiger partial charge in [0.2, 0.25) is 18.6 Å². The predicted molar refractivity (Wildman–Crippen MR) is 130 cm³/mol. The maximum absolute atomic E-state index is 13.4. The first-order valence-electron chi connectivity index (χ1n) is 11.2. The molecule has 1 aliphatic rings. The minimum atomic E-state index is -0.602. The van der Waals surface area contributed by atoms with Crippen LogP contribution in [0.25, 0.3) is 0 Å². The number of fused-ring (bicyclic) bond motifs is 1. The zero-order valence-electron chi connectivity index (χ0n) is 19.2. The van der Waals surface area contributed by atoms with E-state index in [2.05, 4.69) is 5.32 Å². The summed E-state index contributed by atoms with van der Waals surface area (Å²) in [6, 6.07) is 10.3. The number of carbonyl (C=O) groups excluding carboxylic acids is 2. The number of nitrogens with one attached hydrogen (secondary N) is 1. The van der Waals surface area contributed by atoms with E-state index in [1.807, 2.05) is 39.0 Å². The van der Waals surface area contributed by atoms with Crippen molar-refractivity contribution in [1.82, 2.24) is 10.2 Å². The van der Waals surface area contributed by atoms with Gasteiger partial charge in [-0.1, -0.05) is 49.2 Å². The van der Waals surface area contributed by atoms with Gasteiger partial charge in [-0.15, -0.1) is 0 Å². The maximum atomic E-state index is 13.4. The molecular weight excluding hydrogens is 463 g/mol. The standard InChI is InChI=1S/C25H30Cl2N2O4/c1-4-16(3)28-25(31)21(5-2)29(14-18-8-9-19(26)13-20(18)27)24(30)11-7-17-6-10-22-23(12-17)33-15-32-22/h6,8-10,12-13,16,21H,4-5,7,11,14-15H2,1-3H3,(H,28,31)/t16-,21-/m0/s1. The second-order valence-corrected chi connectivity index (χ2v) is 9.03. The minimum absolute atomic E-state index is 0.0243. The van der Waals surface area contributed by atoms with E-state index in [4.69, 9.17) is 32.7 Å². The lowest BCUT2D eigenvalue weighted by Gasteiger charge is -2.32. The second-order valence-electron chi connectivity index (χ2n) is 8.19. The molecule has 0 aliphatic carbocycles. The molecule has 0 saturated heterocycles. The molecule has 0 unspecified atom stereocenters. The highest BCUT2D eigenvalue weighted by Gasteiger charge is 2.29. The molecule has 0 bridgehead atoms. The highest BCUT2D eigenvalue weighted by Crippen LogP contribution is 2.33. The molecule has 2 aromatic carbocycles. The number of nitrogens with zero attached hydrogens (tertiary/aromatic N) is 1. The molecule has 3 rings (SSSR count). The SMILES string of the molecule is CC[C@H](C)NC(=O)[C@H](CC)N(Cc1ccc(Cl)cc1Cl)C(=O)CCc1ccc2c(c1)OCO2. The molecule has 0 saturated carbocycles. The number of hydrogen-bond acceptors (Lipinski definition) is 4. The lowest BCUT2D eigenvalue weighted by molar-refractivity contribution is -0.141. The van der Waals surface area contributed by atoms with Crippen LogP contribution in [-0.4, -0.2) is 35.6 Å². The van der Waals surface area contributed by atoms with Gasteiger partial charge in [-0.05, 0) is 61.6 Å². The minimum Gasteiger partial charge on any atom is -0.454 e. The molecule has 0 fully saturated rings. The third kappa shape index (κ3) is 6.55. The van der Waals surface area contributed by atoms with Crippen LogP contribution in [-0.2, 0) is 22.6 Å². The van der Waals surface area contributed by atoms with Crippen molar-refractivity contribution in [3.8, 4) is 11.5 Å². The van der Waals surface area contributed by atoms with Crippen LogP contribution in [0.4, 0.5) is 0 Å². The average Bonchev–Trinajstić information content (AvgIpc) is 3.26. The highest BCUT2D eigenvalue weighted by molar-refractivity contribution is 6.35. The molecule has 0 aromatic heterocycles. The van der Waals surface area contributed by atoms with E-state index in [1.54, 1.807) is 23.1 Å². The van der Waals surface area contributed by atoms with Gasteiger partial charge in [-0.3, -0.25) is 9.59 Å². The largest absolute Gasteiger partial charge is 0.454 e. The molecule has 1 heterocycles. The van der Waals surface area contributed by atoms with Crippen molar-refractivity contribution in [3.63, 3.8) is 0 Å². The molecule has 0 spiro atoms. The van der Waals surface area contributed by atoms with Crippen LogP contribution in [0.5, 0.6) is 11.5 Å². The molecule has 2 atom stereocenters. The number of benzene rings is 2. The number of carbonyl (C=O) groups is 2. The fraction of sp³-hybridized carbons (Fsp3) is 0.440. The highest BCUT2D eigenvalue weighted by atomic mass is 35.5. The number of aryl methyl sites for hydroxylation is 1. The van der Waals surface area contributed by atoms with Crippen LogP contribution in [0.3, 0.4) is 0 Å². The lowest BCUT2D eigenvalue weighted by atomic mass is 10.1. The van der Waals surface area contributed by atoms with E-state index < -0.39 is 6.04 Å². The summed E-state index contributed by atoms with van der Waals surface area (Å²) < 4.78 is 10.8. The van der Waals surface area contributed by atoms with Crippen molar-refractivity contribution in [2.24, 2.45) is 0 Å². The van der Waals surface area contributed by atoms with Crippen LogP contribution in [0.1, 0.15) is 51.2 Å². The number of amides is 2. The molecule has 33 heavy (non-hydrogen) atoms. The van der Waals surface area contributed by atoms with Gasteiger partial charge in [0, 0.05) is 29.1 Å². The summed E-state index contributed by atoms with van der Waals surface area (Å²) in [6.45, 7) is 6.29.